The van der Waals surface area contributed by atoms with E-state index < -0.39 is 0 Å². The minimum atomic E-state index is -0.182. The summed E-state index contributed by atoms with van der Waals surface area (Å²) in [4.78, 5) is 11.9. The average molecular weight is 268 g/mol. The van der Waals surface area contributed by atoms with E-state index in [-0.39, 0.29) is 11.9 Å². The molecule has 1 heterocycles. The van der Waals surface area contributed by atoms with Crippen LogP contribution in [0.1, 0.15) is 25.8 Å². The Morgan fingerprint density at radius 2 is 2.10 bits per heavy atom. The first-order valence-electron chi connectivity index (χ1n) is 6.88. The van der Waals surface area contributed by atoms with Gasteiger partial charge in [-0.05, 0) is 37.8 Å². The smallest absolute Gasteiger partial charge is 0.311 e. The molecular weight excluding hydrogens is 248 g/mol. The van der Waals surface area contributed by atoms with Gasteiger partial charge in [0.2, 0.25) is 0 Å². The molecule has 0 aliphatic carbocycles. The van der Waals surface area contributed by atoms with E-state index >= 15 is 0 Å². The van der Waals surface area contributed by atoms with Crippen LogP contribution in [0.3, 0.4) is 0 Å². The summed E-state index contributed by atoms with van der Waals surface area (Å²) in [6, 6.07) is 7.71. The summed E-state index contributed by atoms with van der Waals surface area (Å²) in [7, 11) is 0. The van der Waals surface area contributed by atoms with Crippen molar-refractivity contribution in [3.8, 4) is 5.75 Å². The molecule has 1 atom stereocenters. The Kier molecular flexibility index (Phi) is 4.57. The topological polar surface area (TPSA) is 26.3 Å². The van der Waals surface area contributed by atoms with Crippen molar-refractivity contribution in [2.75, 3.05) is 0 Å². The first-order chi connectivity index (χ1) is 9.60. The van der Waals surface area contributed by atoms with E-state index in [1.165, 1.54) is 0 Å². The van der Waals surface area contributed by atoms with Crippen LogP contribution in [-0.2, 0) is 11.2 Å². The first-order valence-corrected chi connectivity index (χ1v) is 6.88. The summed E-state index contributed by atoms with van der Waals surface area (Å²) in [5.41, 5.74) is 3.19. The number of allylic oxidation sites excluding steroid dienone is 5. The highest BCUT2D eigenvalue weighted by molar-refractivity contribution is 5.74. The molecule has 1 aliphatic rings. The van der Waals surface area contributed by atoms with Crippen LogP contribution in [0.2, 0.25) is 0 Å². The van der Waals surface area contributed by atoms with Gasteiger partial charge in [-0.3, -0.25) is 4.79 Å². The van der Waals surface area contributed by atoms with Gasteiger partial charge >= 0.3 is 5.97 Å². The lowest BCUT2D eigenvalue weighted by molar-refractivity contribution is -0.134. The van der Waals surface area contributed by atoms with Gasteiger partial charge in [-0.15, -0.1) is 0 Å². The van der Waals surface area contributed by atoms with E-state index in [0.29, 0.717) is 12.2 Å². The fourth-order valence-electron chi connectivity index (χ4n) is 2.46. The average Bonchev–Trinajstić information content (AvgIpc) is 2.56. The van der Waals surface area contributed by atoms with Crippen molar-refractivity contribution < 1.29 is 9.53 Å². The third kappa shape index (κ3) is 3.47. The summed E-state index contributed by atoms with van der Waals surface area (Å²) in [5.74, 6) is 0.603. The Bertz CT molecular complexity index is 579. The van der Waals surface area contributed by atoms with Gasteiger partial charge < -0.3 is 4.74 Å². The zero-order chi connectivity index (χ0) is 14.5. The molecule has 0 amide bonds. The van der Waals surface area contributed by atoms with E-state index in [1.54, 1.807) is 0 Å². The van der Waals surface area contributed by atoms with Crippen LogP contribution in [0.25, 0.3) is 0 Å². The van der Waals surface area contributed by atoms with Gasteiger partial charge in [0.25, 0.3) is 0 Å². The van der Waals surface area contributed by atoms with Crippen LogP contribution in [0.4, 0.5) is 0 Å². The standard InChI is InChI=1S/C18H20O2/c1-4-7-13(2)10-14(3)16-11-15-8-5-6-9-17(15)20-18(19)12-16/h4-10,16H,3,11-12H2,1-2H3/b7-4-,13-10-/t16-/m1/s1. The van der Waals surface area contributed by atoms with E-state index in [2.05, 4.69) is 6.58 Å². The Balaban J connectivity index is 2.23. The molecule has 0 N–H and O–H groups in total. The Labute approximate surface area is 120 Å². The van der Waals surface area contributed by atoms with E-state index in [9.17, 15) is 4.79 Å². The largest absolute Gasteiger partial charge is 0.426 e. The van der Waals surface area contributed by atoms with E-state index in [0.717, 1.165) is 23.1 Å². The van der Waals surface area contributed by atoms with Crippen molar-refractivity contribution in [1.29, 1.82) is 0 Å². The number of ether oxygens (including phenoxy) is 1. The Morgan fingerprint density at radius 1 is 1.35 bits per heavy atom. The van der Waals surface area contributed by atoms with Crippen LogP contribution in [0.5, 0.6) is 5.75 Å². The van der Waals surface area contributed by atoms with Gasteiger partial charge in [0.15, 0.2) is 0 Å². The Morgan fingerprint density at radius 3 is 2.85 bits per heavy atom. The second-order valence-electron chi connectivity index (χ2n) is 5.15. The monoisotopic (exact) mass is 268 g/mol. The number of carbonyl (C=O) groups excluding carboxylic acids is 1. The summed E-state index contributed by atoms with van der Waals surface area (Å²) >= 11 is 0. The molecule has 1 aromatic carbocycles. The van der Waals surface area contributed by atoms with Gasteiger partial charge in [-0.2, -0.15) is 0 Å². The SMILES string of the molecule is C=C(/C=C(C)\C=C/C)[C@H]1CC(=O)Oc2ccccc2C1. The lowest BCUT2D eigenvalue weighted by Gasteiger charge is -2.13. The minimum Gasteiger partial charge on any atom is -0.426 e. The summed E-state index contributed by atoms with van der Waals surface area (Å²) in [5, 5.41) is 0. The van der Waals surface area contributed by atoms with Gasteiger partial charge in [0, 0.05) is 0 Å². The highest BCUT2D eigenvalue weighted by Crippen LogP contribution is 2.31. The van der Waals surface area contributed by atoms with Crippen molar-refractivity contribution >= 4 is 5.97 Å². The number of fused-ring (bicyclic) bond motifs is 1. The van der Waals surface area contributed by atoms with Crippen LogP contribution in [-0.4, -0.2) is 5.97 Å². The molecule has 2 nitrogen and oxygen atoms in total. The number of hydrogen-bond donors (Lipinski definition) is 0. The summed E-state index contributed by atoms with van der Waals surface area (Å²) in [6.07, 6.45) is 7.25. The fraction of sp³-hybridized carbons (Fsp3) is 0.278. The molecule has 0 bridgehead atoms. The summed E-state index contributed by atoms with van der Waals surface area (Å²) < 4.78 is 5.37. The molecule has 1 aromatic rings. The van der Waals surface area contributed by atoms with Crippen LogP contribution < -0.4 is 4.74 Å². The predicted molar refractivity (Wildman–Crippen MR) is 81.6 cm³/mol. The molecule has 0 saturated carbocycles. The predicted octanol–water partition coefficient (Wildman–Crippen LogP) is 4.23. The first kappa shape index (κ1) is 14.3. The molecule has 104 valence electrons. The molecule has 1 aliphatic heterocycles. The molecule has 2 rings (SSSR count). The molecule has 20 heavy (non-hydrogen) atoms. The lowest BCUT2D eigenvalue weighted by atomic mass is 9.89. The maximum atomic E-state index is 11.9. The number of esters is 1. The molecule has 0 spiro atoms. The molecule has 0 radical (unpaired) electrons. The van der Waals surface area contributed by atoms with Crippen LogP contribution in [0.15, 0.2) is 60.2 Å². The van der Waals surface area contributed by atoms with Gasteiger partial charge in [-0.25, -0.2) is 0 Å². The number of carbonyl (C=O) groups is 1. The fourth-order valence-corrected chi connectivity index (χ4v) is 2.46. The number of para-hydroxylation sites is 1. The van der Waals surface area contributed by atoms with Crippen LogP contribution in [0, 0.1) is 5.92 Å². The van der Waals surface area contributed by atoms with Crippen molar-refractivity contribution in [3.05, 3.63) is 65.8 Å². The lowest BCUT2D eigenvalue weighted by Crippen LogP contribution is -2.12. The van der Waals surface area contributed by atoms with Crippen molar-refractivity contribution in [1.82, 2.24) is 0 Å². The third-order valence-electron chi connectivity index (χ3n) is 3.44. The zero-order valence-corrected chi connectivity index (χ0v) is 12.1. The normalized spacial score (nSPS) is 19.4. The summed E-state index contributed by atoms with van der Waals surface area (Å²) in [6.45, 7) is 8.15. The second-order valence-corrected chi connectivity index (χ2v) is 5.15. The highest BCUT2D eigenvalue weighted by atomic mass is 16.5. The maximum Gasteiger partial charge on any atom is 0.311 e. The van der Waals surface area contributed by atoms with E-state index in [4.69, 9.17) is 4.74 Å². The second kappa shape index (κ2) is 6.38. The molecule has 0 unspecified atom stereocenters. The minimum absolute atomic E-state index is 0.103. The molecule has 2 heteroatoms. The van der Waals surface area contributed by atoms with E-state index in [1.807, 2.05) is 56.3 Å². The van der Waals surface area contributed by atoms with Crippen molar-refractivity contribution in [2.45, 2.75) is 26.7 Å². The molecule has 0 aromatic heterocycles. The van der Waals surface area contributed by atoms with Crippen molar-refractivity contribution in [3.63, 3.8) is 0 Å². The quantitative estimate of drug-likeness (QED) is 0.466. The van der Waals surface area contributed by atoms with Gasteiger partial charge in [0.1, 0.15) is 5.75 Å². The molecule has 0 fully saturated rings. The Hall–Kier alpha value is -2.09. The molecular formula is C18H20O2. The number of benzene rings is 1. The zero-order valence-electron chi connectivity index (χ0n) is 12.1. The van der Waals surface area contributed by atoms with Gasteiger partial charge in [0.05, 0.1) is 6.42 Å². The van der Waals surface area contributed by atoms with Crippen molar-refractivity contribution in [2.24, 2.45) is 5.92 Å². The molecule has 0 saturated heterocycles. The maximum absolute atomic E-state index is 11.9. The third-order valence-corrected chi connectivity index (χ3v) is 3.44. The highest BCUT2D eigenvalue weighted by Gasteiger charge is 2.24. The number of rotatable bonds is 3. The van der Waals surface area contributed by atoms with Crippen LogP contribution >= 0.6 is 0 Å². The van der Waals surface area contributed by atoms with Gasteiger partial charge in [-0.1, -0.05) is 54.2 Å². The number of hydrogen-bond acceptors (Lipinski definition) is 2.